The van der Waals surface area contributed by atoms with E-state index >= 15 is 0 Å². The minimum Gasteiger partial charge on any atom is -0.502 e. The summed E-state index contributed by atoms with van der Waals surface area (Å²) in [7, 11) is 1.49. The first-order valence-electron chi connectivity index (χ1n) is 8.32. The number of thiophene rings is 1. The summed E-state index contributed by atoms with van der Waals surface area (Å²) in [5.41, 5.74) is 0.280. The topological polar surface area (TPSA) is 89.2 Å². The molecule has 0 aliphatic carbocycles. The van der Waals surface area contributed by atoms with Gasteiger partial charge in [-0.3, -0.25) is 9.59 Å². The molecule has 2 aromatic rings. The molecule has 8 heteroatoms. The van der Waals surface area contributed by atoms with Crippen molar-refractivity contribution in [1.29, 1.82) is 0 Å². The second kappa shape index (κ2) is 8.48. The molecule has 26 heavy (non-hydrogen) atoms. The fourth-order valence-corrected chi connectivity index (χ4v) is 3.67. The molecule has 0 aromatic carbocycles. The SMILES string of the molecule is COCc1cc(=O)c(O)c([C@H](CC(=O)N2CCOCC2)c2ccsc2)o1. The highest BCUT2D eigenvalue weighted by Crippen LogP contribution is 2.34. The first-order chi connectivity index (χ1) is 12.6. The Balaban J connectivity index is 1.94. The molecule has 0 radical (unpaired) electrons. The lowest BCUT2D eigenvalue weighted by atomic mass is 9.93. The molecule has 1 saturated heterocycles. The van der Waals surface area contributed by atoms with Crippen LogP contribution in [0.2, 0.25) is 0 Å². The van der Waals surface area contributed by atoms with E-state index < -0.39 is 17.1 Å². The van der Waals surface area contributed by atoms with Gasteiger partial charge >= 0.3 is 0 Å². The normalized spacial score (nSPS) is 15.8. The Morgan fingerprint density at radius 1 is 1.42 bits per heavy atom. The number of methoxy groups -OCH3 is 1. The van der Waals surface area contributed by atoms with Gasteiger partial charge in [-0.25, -0.2) is 0 Å². The molecule has 0 saturated carbocycles. The molecule has 1 aliphatic heterocycles. The third-order valence-electron chi connectivity index (χ3n) is 4.29. The Morgan fingerprint density at radius 3 is 2.85 bits per heavy atom. The van der Waals surface area contributed by atoms with Crippen LogP contribution in [0.4, 0.5) is 0 Å². The van der Waals surface area contributed by atoms with Crippen LogP contribution in [0, 0.1) is 0 Å². The Hall–Kier alpha value is -2.16. The summed E-state index contributed by atoms with van der Waals surface area (Å²) in [4.78, 5) is 26.6. The smallest absolute Gasteiger partial charge is 0.227 e. The predicted molar refractivity (Wildman–Crippen MR) is 95.5 cm³/mol. The van der Waals surface area contributed by atoms with Crippen LogP contribution >= 0.6 is 11.3 Å². The second-order valence-electron chi connectivity index (χ2n) is 6.03. The third-order valence-corrected chi connectivity index (χ3v) is 4.99. The molecule has 0 bridgehead atoms. The highest BCUT2D eigenvalue weighted by Gasteiger charge is 2.29. The van der Waals surface area contributed by atoms with Crippen LogP contribution in [0.5, 0.6) is 5.75 Å². The van der Waals surface area contributed by atoms with E-state index in [1.54, 1.807) is 4.90 Å². The van der Waals surface area contributed by atoms with Crippen LogP contribution < -0.4 is 5.43 Å². The number of rotatable bonds is 6. The fraction of sp³-hybridized carbons (Fsp3) is 0.444. The van der Waals surface area contributed by atoms with Gasteiger partial charge in [0.2, 0.25) is 17.1 Å². The lowest BCUT2D eigenvalue weighted by Gasteiger charge is -2.28. The summed E-state index contributed by atoms with van der Waals surface area (Å²) in [6.45, 7) is 2.21. The predicted octanol–water partition coefficient (Wildman–Crippen LogP) is 1.93. The number of morpholine rings is 1. The number of carbonyl (C=O) groups excluding carboxylic acids is 1. The zero-order valence-corrected chi connectivity index (χ0v) is 15.3. The molecular weight excluding hydrogens is 358 g/mol. The first kappa shape index (κ1) is 18.6. The van der Waals surface area contributed by atoms with E-state index in [1.807, 2.05) is 16.8 Å². The van der Waals surface area contributed by atoms with Crippen molar-refractivity contribution in [2.75, 3.05) is 33.4 Å². The number of amides is 1. The molecule has 3 rings (SSSR count). The van der Waals surface area contributed by atoms with Crippen molar-refractivity contribution < 1.29 is 23.8 Å². The van der Waals surface area contributed by atoms with Crippen LogP contribution in [0.1, 0.15) is 29.4 Å². The van der Waals surface area contributed by atoms with Gasteiger partial charge in [0.15, 0.2) is 5.76 Å². The first-order valence-corrected chi connectivity index (χ1v) is 9.27. The molecule has 2 aromatic heterocycles. The van der Waals surface area contributed by atoms with Gasteiger partial charge in [0.1, 0.15) is 12.4 Å². The Labute approximate surface area is 154 Å². The van der Waals surface area contributed by atoms with Crippen LogP contribution in [0.15, 0.2) is 32.1 Å². The molecule has 3 heterocycles. The van der Waals surface area contributed by atoms with Crippen molar-refractivity contribution in [3.05, 3.63) is 50.2 Å². The van der Waals surface area contributed by atoms with Crippen LogP contribution in [0.25, 0.3) is 0 Å². The number of hydrogen-bond acceptors (Lipinski definition) is 7. The zero-order chi connectivity index (χ0) is 18.5. The molecule has 1 aliphatic rings. The lowest BCUT2D eigenvalue weighted by Crippen LogP contribution is -2.41. The monoisotopic (exact) mass is 379 g/mol. The zero-order valence-electron chi connectivity index (χ0n) is 14.5. The number of nitrogens with zero attached hydrogens (tertiary/aromatic N) is 1. The van der Waals surface area contributed by atoms with Gasteiger partial charge < -0.3 is 23.9 Å². The minimum atomic E-state index is -0.544. The van der Waals surface area contributed by atoms with Gasteiger partial charge in [0.05, 0.1) is 19.1 Å². The maximum absolute atomic E-state index is 12.7. The number of carbonyl (C=O) groups is 1. The molecule has 7 nitrogen and oxygen atoms in total. The van der Waals surface area contributed by atoms with Gasteiger partial charge in [-0.05, 0) is 22.4 Å². The highest BCUT2D eigenvalue weighted by molar-refractivity contribution is 7.08. The standard InChI is InChI=1S/C18H21NO6S/c1-23-10-13-8-15(20)17(22)18(25-13)14(12-2-7-26-11-12)9-16(21)19-3-5-24-6-4-19/h2,7-8,11,14,22H,3-6,9-10H2,1H3/t14-/m1/s1. The van der Waals surface area contributed by atoms with Crippen molar-refractivity contribution in [1.82, 2.24) is 4.90 Å². The average molecular weight is 379 g/mol. The molecule has 1 fully saturated rings. The van der Waals surface area contributed by atoms with Crippen LogP contribution in [-0.4, -0.2) is 49.3 Å². The second-order valence-corrected chi connectivity index (χ2v) is 6.81. The van der Waals surface area contributed by atoms with Crippen molar-refractivity contribution in [2.24, 2.45) is 0 Å². The van der Waals surface area contributed by atoms with Crippen molar-refractivity contribution >= 4 is 17.2 Å². The fourth-order valence-electron chi connectivity index (χ4n) is 2.96. The number of ether oxygens (including phenoxy) is 2. The Morgan fingerprint density at radius 2 is 2.19 bits per heavy atom. The van der Waals surface area contributed by atoms with E-state index in [0.29, 0.717) is 32.1 Å². The van der Waals surface area contributed by atoms with E-state index in [4.69, 9.17) is 13.9 Å². The summed E-state index contributed by atoms with van der Waals surface area (Å²) in [6.07, 6.45) is 0.101. The molecule has 1 amide bonds. The van der Waals surface area contributed by atoms with E-state index in [-0.39, 0.29) is 24.7 Å². The van der Waals surface area contributed by atoms with Crippen molar-refractivity contribution in [2.45, 2.75) is 18.9 Å². The quantitative estimate of drug-likeness (QED) is 0.825. The van der Waals surface area contributed by atoms with E-state index in [1.165, 1.54) is 24.5 Å². The lowest BCUT2D eigenvalue weighted by molar-refractivity contribution is -0.135. The Bertz CT molecular complexity index is 795. The molecule has 0 unspecified atom stereocenters. The molecule has 1 atom stereocenters. The summed E-state index contributed by atoms with van der Waals surface area (Å²) in [6, 6.07) is 3.07. The summed E-state index contributed by atoms with van der Waals surface area (Å²) in [5.74, 6) is -0.658. The average Bonchev–Trinajstić information content (AvgIpc) is 3.18. The maximum atomic E-state index is 12.7. The van der Waals surface area contributed by atoms with E-state index in [0.717, 1.165) is 5.56 Å². The summed E-state index contributed by atoms with van der Waals surface area (Å²) < 4.78 is 16.0. The van der Waals surface area contributed by atoms with Gasteiger partial charge in [-0.15, -0.1) is 0 Å². The largest absolute Gasteiger partial charge is 0.502 e. The minimum absolute atomic E-state index is 0.0660. The van der Waals surface area contributed by atoms with Crippen molar-refractivity contribution in [3.63, 3.8) is 0 Å². The summed E-state index contributed by atoms with van der Waals surface area (Å²) >= 11 is 1.48. The molecule has 1 N–H and O–H groups in total. The molecule has 140 valence electrons. The number of aromatic hydroxyl groups is 1. The van der Waals surface area contributed by atoms with Gasteiger partial charge in [0.25, 0.3) is 0 Å². The van der Waals surface area contributed by atoms with Gasteiger partial charge in [0, 0.05) is 32.7 Å². The summed E-state index contributed by atoms with van der Waals surface area (Å²) in [5, 5.41) is 14.1. The Kier molecular flexibility index (Phi) is 6.08. The third kappa shape index (κ3) is 4.14. The van der Waals surface area contributed by atoms with Gasteiger partial charge in [-0.1, -0.05) is 0 Å². The highest BCUT2D eigenvalue weighted by atomic mass is 32.1. The van der Waals surface area contributed by atoms with Crippen molar-refractivity contribution in [3.8, 4) is 5.75 Å². The van der Waals surface area contributed by atoms with E-state index in [9.17, 15) is 14.7 Å². The molecular formula is C18H21NO6S. The van der Waals surface area contributed by atoms with Crippen LogP contribution in [0.3, 0.4) is 0 Å². The molecule has 0 spiro atoms. The maximum Gasteiger partial charge on any atom is 0.227 e. The van der Waals surface area contributed by atoms with Crippen LogP contribution in [-0.2, 0) is 20.9 Å². The van der Waals surface area contributed by atoms with Gasteiger partial charge in [-0.2, -0.15) is 11.3 Å². The number of hydrogen-bond donors (Lipinski definition) is 1. The van der Waals surface area contributed by atoms with E-state index in [2.05, 4.69) is 0 Å².